The van der Waals surface area contributed by atoms with Crippen LogP contribution in [0.5, 0.6) is 0 Å². The second kappa shape index (κ2) is 9.76. The van der Waals surface area contributed by atoms with E-state index in [9.17, 15) is 0 Å². The van der Waals surface area contributed by atoms with Gasteiger partial charge in [-0.05, 0) is 60.2 Å². The molecule has 0 fully saturated rings. The van der Waals surface area contributed by atoms with Crippen molar-refractivity contribution in [1.29, 1.82) is 0 Å². The molecule has 8 nitrogen and oxygen atoms in total. The van der Waals surface area contributed by atoms with Crippen LogP contribution in [0.1, 0.15) is 29.3 Å². The first-order valence-electron chi connectivity index (χ1n) is 13.1. The van der Waals surface area contributed by atoms with Crippen molar-refractivity contribution in [1.82, 2.24) is 20.2 Å². The summed E-state index contributed by atoms with van der Waals surface area (Å²) < 4.78 is 0. The Labute approximate surface area is 239 Å². The van der Waals surface area contributed by atoms with Crippen molar-refractivity contribution in [3.05, 3.63) is 93.3 Å². The van der Waals surface area contributed by atoms with Crippen molar-refractivity contribution >= 4 is 73.1 Å². The van der Waals surface area contributed by atoms with Crippen LogP contribution in [-0.4, -0.2) is 45.0 Å². The van der Waals surface area contributed by atoms with Gasteiger partial charge in [-0.25, -0.2) is 4.98 Å². The monoisotopic (exact) mass is 566 g/mol. The van der Waals surface area contributed by atoms with Gasteiger partial charge in [-0.2, -0.15) is 15.9 Å². The molecule has 3 aliphatic heterocycles. The maximum atomic E-state index is 6.34. The molecular weight excluding hydrogens is 540 g/mol. The van der Waals surface area contributed by atoms with Gasteiger partial charge < -0.3 is 16.0 Å². The molecule has 40 heavy (non-hydrogen) atoms. The molecular formula is C30H27ClN8S. The number of nitrogens with two attached hydrogens (primary N) is 1. The van der Waals surface area contributed by atoms with Crippen molar-refractivity contribution in [2.75, 3.05) is 34.9 Å². The highest BCUT2D eigenvalue weighted by molar-refractivity contribution is 8.27. The number of hydrogen-bond acceptors (Lipinski definition) is 8. The highest BCUT2D eigenvalue weighted by Gasteiger charge is 2.31. The number of nitrogens with zero attached hydrogens (tertiary/aromatic N) is 6. The fraction of sp³-hybridized carbons (Fsp3) is 0.167. The lowest BCUT2D eigenvalue weighted by Gasteiger charge is -2.28. The summed E-state index contributed by atoms with van der Waals surface area (Å²) in [5.41, 5.74) is 13.1. The summed E-state index contributed by atoms with van der Waals surface area (Å²) in [6.07, 6.45) is 6.23. The van der Waals surface area contributed by atoms with Crippen LogP contribution in [0.4, 0.5) is 17.5 Å². The third-order valence-corrected chi connectivity index (χ3v) is 9.76. The number of fused-ring (bicyclic) bond motifs is 4. The minimum Gasteiger partial charge on any atom is -0.399 e. The van der Waals surface area contributed by atoms with Gasteiger partial charge in [-0.15, -0.1) is 10.2 Å². The summed E-state index contributed by atoms with van der Waals surface area (Å²) in [5, 5.41) is 16.9. The van der Waals surface area contributed by atoms with Crippen LogP contribution in [0.15, 0.2) is 70.7 Å². The fourth-order valence-corrected chi connectivity index (χ4v) is 7.77. The van der Waals surface area contributed by atoms with E-state index in [0.29, 0.717) is 17.0 Å². The van der Waals surface area contributed by atoms with Crippen molar-refractivity contribution in [2.24, 2.45) is 4.99 Å². The molecule has 5 heterocycles. The van der Waals surface area contributed by atoms with E-state index in [-0.39, 0.29) is 0 Å². The van der Waals surface area contributed by atoms with Gasteiger partial charge in [0.2, 0.25) is 5.95 Å². The Morgan fingerprint density at radius 2 is 1.93 bits per heavy atom. The molecule has 0 saturated carbocycles. The number of aryl methyl sites for hydroxylation is 1. The van der Waals surface area contributed by atoms with Crippen molar-refractivity contribution < 1.29 is 0 Å². The van der Waals surface area contributed by atoms with Gasteiger partial charge in [0.1, 0.15) is 17.3 Å². The molecule has 2 aromatic heterocycles. The molecule has 0 bridgehead atoms. The summed E-state index contributed by atoms with van der Waals surface area (Å²) in [4.78, 5) is 17.8. The Morgan fingerprint density at radius 1 is 1.07 bits per heavy atom. The molecule has 4 aromatic rings. The molecule has 1 unspecified atom stereocenters. The van der Waals surface area contributed by atoms with Gasteiger partial charge in [0.15, 0.2) is 5.15 Å². The van der Waals surface area contributed by atoms with E-state index < -0.39 is 10.9 Å². The Balaban J connectivity index is 1.17. The molecule has 10 heteroatoms. The zero-order valence-electron chi connectivity index (χ0n) is 22.1. The molecule has 0 aliphatic carbocycles. The molecule has 2 aromatic carbocycles. The molecule has 0 radical (unpaired) electrons. The molecule has 1 atom stereocenters. The lowest BCUT2D eigenvalue weighted by molar-refractivity contribution is 0.984. The fourth-order valence-electron chi connectivity index (χ4n) is 5.48. The number of nitrogen functional groups attached to an aromatic ring is 1. The maximum Gasteiger partial charge on any atom is 0.225 e. The lowest BCUT2D eigenvalue weighted by atomic mass is 9.95. The Hall–Kier alpha value is -4.21. The van der Waals surface area contributed by atoms with Crippen molar-refractivity contribution in [2.45, 2.75) is 13.8 Å². The number of halogens is 1. The standard InChI is InChI=1S/C30H27ClN8S/c1-17-11-25(26-22-5-3-4-6-23(22)27(31)38-37-26)40(15-17)16-35-30-34-14-19-13-24(21-8-7-20(32)12-18(21)2)29-33-9-10-39(29)28(19)36-30/h3-8,11-15,40H,9-10,16,32H2,1-2H3,(H,34,35,36). The lowest BCUT2D eigenvalue weighted by Crippen LogP contribution is -2.32. The number of hydrogen-bond donors (Lipinski definition) is 3. The number of thiol groups is 1. The predicted octanol–water partition coefficient (Wildman–Crippen LogP) is 6.07. The number of benzene rings is 2. The normalized spacial score (nSPS) is 18.6. The number of aromatic nitrogens is 4. The first-order valence-corrected chi connectivity index (χ1v) is 15.0. The third-order valence-electron chi connectivity index (χ3n) is 7.30. The largest absolute Gasteiger partial charge is 0.399 e. The van der Waals surface area contributed by atoms with Crippen molar-refractivity contribution in [3.8, 4) is 0 Å². The smallest absolute Gasteiger partial charge is 0.225 e. The van der Waals surface area contributed by atoms with Gasteiger partial charge in [0.25, 0.3) is 0 Å². The van der Waals surface area contributed by atoms with E-state index in [1.807, 2.05) is 36.5 Å². The maximum absolute atomic E-state index is 6.34. The zero-order valence-corrected chi connectivity index (χ0v) is 23.7. The van der Waals surface area contributed by atoms with E-state index in [4.69, 9.17) is 27.3 Å². The quantitative estimate of drug-likeness (QED) is 0.199. The van der Waals surface area contributed by atoms with Crippen LogP contribution in [0.3, 0.4) is 0 Å². The van der Waals surface area contributed by atoms with Gasteiger partial charge in [-0.1, -0.05) is 41.9 Å². The predicted molar refractivity (Wildman–Crippen MR) is 169 cm³/mol. The number of aliphatic imine (C=N–C) groups is 1. The van der Waals surface area contributed by atoms with E-state index >= 15 is 0 Å². The van der Waals surface area contributed by atoms with Gasteiger partial charge >= 0.3 is 0 Å². The SMILES string of the molecule is CC1=C[SH](CNc2ncc3c(n2)N2CCN=C2C(c2ccc(N)cc2C)=C3)C(c2nnc(Cl)c3ccccc23)=C1. The van der Waals surface area contributed by atoms with Gasteiger partial charge in [-0.3, -0.25) is 4.99 Å². The molecule has 0 amide bonds. The van der Waals surface area contributed by atoms with Gasteiger partial charge in [0, 0.05) is 45.2 Å². The first kappa shape index (κ1) is 24.8. The minimum absolute atomic E-state index is 0.418. The van der Waals surface area contributed by atoms with E-state index in [0.717, 1.165) is 69.2 Å². The first-order chi connectivity index (χ1) is 19.5. The summed E-state index contributed by atoms with van der Waals surface area (Å²) in [6, 6.07) is 14.0. The van der Waals surface area contributed by atoms with Crippen LogP contribution in [-0.2, 0) is 0 Å². The summed E-state index contributed by atoms with van der Waals surface area (Å²) in [6.45, 7) is 5.71. The Kier molecular flexibility index (Phi) is 6.05. The molecule has 7 rings (SSSR count). The summed E-state index contributed by atoms with van der Waals surface area (Å²) in [5.74, 6) is 3.10. The van der Waals surface area contributed by atoms with Crippen molar-refractivity contribution in [3.63, 3.8) is 0 Å². The number of anilines is 3. The minimum atomic E-state index is -0.694. The molecule has 3 N–H and O–H groups in total. The second-order valence-corrected chi connectivity index (χ2v) is 12.4. The van der Waals surface area contributed by atoms with Crippen LogP contribution in [0.25, 0.3) is 27.3 Å². The second-order valence-electron chi connectivity index (χ2n) is 10.1. The molecule has 200 valence electrons. The van der Waals surface area contributed by atoms with Crippen LogP contribution in [0, 0.1) is 6.92 Å². The average molecular weight is 567 g/mol. The highest BCUT2D eigenvalue weighted by Crippen LogP contribution is 2.50. The number of allylic oxidation sites excluding steroid dienone is 2. The third kappa shape index (κ3) is 4.22. The topological polar surface area (TPSA) is 105 Å². The Bertz CT molecular complexity index is 1830. The molecule has 0 saturated heterocycles. The zero-order chi connectivity index (χ0) is 27.4. The average Bonchev–Trinajstić information content (AvgIpc) is 3.59. The van der Waals surface area contributed by atoms with E-state index in [1.165, 1.54) is 10.5 Å². The number of rotatable bonds is 5. The van der Waals surface area contributed by atoms with Crippen LogP contribution >= 0.6 is 22.5 Å². The Morgan fingerprint density at radius 3 is 2.77 bits per heavy atom. The summed E-state index contributed by atoms with van der Waals surface area (Å²) >= 11 is 6.34. The molecule has 3 aliphatic rings. The molecule has 0 spiro atoms. The van der Waals surface area contributed by atoms with E-state index in [2.05, 4.69) is 68.9 Å². The number of amidine groups is 1. The van der Waals surface area contributed by atoms with Crippen LogP contribution in [0.2, 0.25) is 5.15 Å². The van der Waals surface area contributed by atoms with Crippen LogP contribution < -0.4 is 16.0 Å². The summed E-state index contributed by atoms with van der Waals surface area (Å²) in [7, 11) is -0.694. The van der Waals surface area contributed by atoms with Gasteiger partial charge in [0.05, 0.1) is 12.4 Å². The highest BCUT2D eigenvalue weighted by atomic mass is 35.5. The number of nitrogens with one attached hydrogen (secondary N) is 1. The van der Waals surface area contributed by atoms with E-state index in [1.54, 1.807) is 0 Å².